The van der Waals surface area contributed by atoms with Crippen molar-refractivity contribution in [2.75, 3.05) is 21.2 Å². The average Bonchev–Trinajstić information content (AvgIpc) is 3.01. The van der Waals surface area contributed by atoms with E-state index in [0.717, 1.165) is 21.3 Å². The predicted molar refractivity (Wildman–Crippen MR) is 96.2 cm³/mol. The van der Waals surface area contributed by atoms with E-state index in [1.165, 1.54) is 17.7 Å². The van der Waals surface area contributed by atoms with E-state index in [1.807, 2.05) is 30.3 Å². The van der Waals surface area contributed by atoms with Crippen molar-refractivity contribution < 1.29 is 13.2 Å². The molecule has 0 bridgehead atoms. The lowest BCUT2D eigenvalue weighted by Gasteiger charge is -2.02. The molecular formula is C15H18N2O3S3. The van der Waals surface area contributed by atoms with Gasteiger partial charge in [-0.3, -0.25) is 0 Å². The fourth-order valence-corrected chi connectivity index (χ4v) is 5.06. The summed E-state index contributed by atoms with van der Waals surface area (Å²) in [6.07, 6.45) is 1.29. The summed E-state index contributed by atoms with van der Waals surface area (Å²) in [4.78, 5) is 1.59. The van der Waals surface area contributed by atoms with Crippen LogP contribution in [0.1, 0.15) is 5.56 Å². The van der Waals surface area contributed by atoms with Crippen LogP contribution in [0.2, 0.25) is 0 Å². The second-order valence-electron chi connectivity index (χ2n) is 4.87. The Hall–Kier alpha value is -1.51. The Morgan fingerprint density at radius 1 is 1.22 bits per heavy atom. The Balaban J connectivity index is 2.01. The molecular weight excluding hydrogens is 352 g/mol. The molecule has 23 heavy (non-hydrogen) atoms. The van der Waals surface area contributed by atoms with Crippen LogP contribution < -0.4 is 4.74 Å². The number of hydrogen-bond donors (Lipinski definition) is 0. The third-order valence-corrected chi connectivity index (χ3v) is 6.84. The highest BCUT2D eigenvalue weighted by Crippen LogP contribution is 2.33. The van der Waals surface area contributed by atoms with Crippen LogP contribution in [-0.4, -0.2) is 40.9 Å². The molecule has 0 amide bonds. The summed E-state index contributed by atoms with van der Waals surface area (Å²) >= 11 is 2.84. The summed E-state index contributed by atoms with van der Waals surface area (Å²) in [5.41, 5.74) is 1.15. The van der Waals surface area contributed by atoms with E-state index in [2.05, 4.69) is 4.40 Å². The zero-order chi connectivity index (χ0) is 16.9. The standard InChI is InChI=1S/C15H18N2O3S3/c1-17(2)11-16-23(18,19)15-9-8-14(22-15)21-10-12-4-6-13(20-3)7-5-12/h4-9,11H,10H2,1-3H3. The summed E-state index contributed by atoms with van der Waals surface area (Å²) in [5.74, 6) is 1.59. The lowest BCUT2D eigenvalue weighted by molar-refractivity contribution is 0.414. The molecule has 0 aliphatic heterocycles. The second-order valence-corrected chi connectivity index (χ2v) is 9.09. The van der Waals surface area contributed by atoms with Gasteiger partial charge >= 0.3 is 0 Å². The molecule has 0 aliphatic rings. The van der Waals surface area contributed by atoms with Crippen LogP contribution in [0.5, 0.6) is 5.75 Å². The summed E-state index contributed by atoms with van der Waals surface area (Å²) in [5, 5.41) is 0. The molecule has 0 aliphatic carbocycles. The first-order chi connectivity index (χ1) is 10.9. The van der Waals surface area contributed by atoms with Crippen molar-refractivity contribution in [2.45, 2.75) is 14.2 Å². The van der Waals surface area contributed by atoms with Gasteiger partial charge < -0.3 is 9.64 Å². The summed E-state index contributed by atoms with van der Waals surface area (Å²) in [6, 6.07) is 11.2. The van der Waals surface area contributed by atoms with E-state index in [-0.39, 0.29) is 4.21 Å². The van der Waals surface area contributed by atoms with Gasteiger partial charge in [0.05, 0.1) is 11.3 Å². The fraction of sp³-hybridized carbons (Fsp3) is 0.267. The van der Waals surface area contributed by atoms with E-state index < -0.39 is 10.0 Å². The SMILES string of the molecule is COc1ccc(CSc2ccc(S(=O)(=O)N=CN(C)C)s2)cc1. The molecule has 0 atom stereocenters. The molecule has 0 radical (unpaired) electrons. The number of benzene rings is 1. The number of methoxy groups -OCH3 is 1. The van der Waals surface area contributed by atoms with Crippen LogP contribution in [0.4, 0.5) is 0 Å². The normalized spacial score (nSPS) is 11.8. The highest BCUT2D eigenvalue weighted by Gasteiger charge is 2.15. The van der Waals surface area contributed by atoms with Gasteiger partial charge in [-0.15, -0.1) is 27.5 Å². The Labute approximate surface area is 145 Å². The molecule has 1 aromatic carbocycles. The molecule has 2 rings (SSSR count). The lowest BCUT2D eigenvalue weighted by Crippen LogP contribution is -2.09. The molecule has 1 heterocycles. The Bertz CT molecular complexity index is 766. The lowest BCUT2D eigenvalue weighted by atomic mass is 10.2. The smallest absolute Gasteiger partial charge is 0.293 e. The van der Waals surface area contributed by atoms with Crippen LogP contribution >= 0.6 is 23.1 Å². The van der Waals surface area contributed by atoms with Crippen molar-refractivity contribution in [1.29, 1.82) is 0 Å². The van der Waals surface area contributed by atoms with E-state index >= 15 is 0 Å². The van der Waals surface area contributed by atoms with E-state index in [4.69, 9.17) is 4.74 Å². The number of rotatable bonds is 7. The van der Waals surface area contributed by atoms with Gasteiger partial charge in [0.15, 0.2) is 0 Å². The van der Waals surface area contributed by atoms with E-state index in [0.29, 0.717) is 0 Å². The molecule has 0 saturated carbocycles. The summed E-state index contributed by atoms with van der Waals surface area (Å²) < 4.78 is 34.1. The Kier molecular flexibility index (Phi) is 6.09. The van der Waals surface area contributed by atoms with Gasteiger partial charge in [-0.05, 0) is 29.8 Å². The van der Waals surface area contributed by atoms with Gasteiger partial charge in [0.25, 0.3) is 10.0 Å². The molecule has 0 N–H and O–H groups in total. The molecule has 2 aromatic rings. The van der Waals surface area contributed by atoms with Crippen LogP contribution in [-0.2, 0) is 15.8 Å². The first-order valence-corrected chi connectivity index (χ1v) is 9.97. The monoisotopic (exact) mass is 370 g/mol. The van der Waals surface area contributed by atoms with Crippen LogP contribution in [0, 0.1) is 0 Å². The van der Waals surface area contributed by atoms with Crippen molar-refractivity contribution in [3.05, 3.63) is 42.0 Å². The highest BCUT2D eigenvalue weighted by atomic mass is 32.3. The van der Waals surface area contributed by atoms with Crippen LogP contribution in [0.25, 0.3) is 0 Å². The Morgan fingerprint density at radius 3 is 2.52 bits per heavy atom. The summed E-state index contributed by atoms with van der Waals surface area (Å²) in [7, 11) is 1.48. The Morgan fingerprint density at radius 2 is 1.91 bits per heavy atom. The van der Waals surface area contributed by atoms with Crippen molar-refractivity contribution in [2.24, 2.45) is 4.40 Å². The minimum Gasteiger partial charge on any atom is -0.497 e. The molecule has 0 spiro atoms. The molecule has 1 aromatic heterocycles. The topological polar surface area (TPSA) is 59.0 Å². The molecule has 0 fully saturated rings. The average molecular weight is 371 g/mol. The number of hydrogen-bond acceptors (Lipinski definition) is 5. The van der Waals surface area contributed by atoms with E-state index in [9.17, 15) is 8.42 Å². The number of thioether (sulfide) groups is 1. The molecule has 5 nitrogen and oxygen atoms in total. The van der Waals surface area contributed by atoms with Gasteiger partial charge in [-0.1, -0.05) is 12.1 Å². The van der Waals surface area contributed by atoms with E-state index in [1.54, 1.807) is 43.9 Å². The van der Waals surface area contributed by atoms with Gasteiger partial charge in [0.2, 0.25) is 0 Å². The minimum absolute atomic E-state index is 0.257. The number of sulfonamides is 1. The zero-order valence-electron chi connectivity index (χ0n) is 13.1. The summed E-state index contributed by atoms with van der Waals surface area (Å²) in [6.45, 7) is 0. The van der Waals surface area contributed by atoms with Gasteiger partial charge in [0, 0.05) is 19.8 Å². The minimum atomic E-state index is -3.61. The van der Waals surface area contributed by atoms with Crippen LogP contribution in [0.15, 0.2) is 49.2 Å². The van der Waals surface area contributed by atoms with Gasteiger partial charge in [0.1, 0.15) is 16.3 Å². The van der Waals surface area contributed by atoms with Crippen LogP contribution in [0.3, 0.4) is 0 Å². The van der Waals surface area contributed by atoms with Crippen molar-refractivity contribution in [1.82, 2.24) is 4.90 Å². The molecule has 8 heteroatoms. The molecule has 124 valence electrons. The predicted octanol–water partition coefficient (Wildman–Crippen LogP) is 3.33. The van der Waals surface area contributed by atoms with Crippen molar-refractivity contribution >= 4 is 39.5 Å². The van der Waals surface area contributed by atoms with Crippen molar-refractivity contribution in [3.8, 4) is 5.75 Å². The largest absolute Gasteiger partial charge is 0.497 e. The van der Waals surface area contributed by atoms with Gasteiger partial charge in [-0.25, -0.2) is 0 Å². The third-order valence-electron chi connectivity index (χ3n) is 2.77. The number of ether oxygens (including phenoxy) is 1. The number of nitrogens with zero attached hydrogens (tertiary/aromatic N) is 2. The first-order valence-electron chi connectivity index (χ1n) is 6.73. The molecule has 0 saturated heterocycles. The zero-order valence-corrected chi connectivity index (χ0v) is 15.5. The quantitative estimate of drug-likeness (QED) is 0.425. The fourth-order valence-electron chi connectivity index (χ4n) is 1.60. The molecule has 0 unspecified atom stereocenters. The third kappa shape index (κ3) is 5.26. The maximum Gasteiger partial charge on any atom is 0.293 e. The highest BCUT2D eigenvalue weighted by molar-refractivity contribution is 8.01. The van der Waals surface area contributed by atoms with Crippen molar-refractivity contribution in [3.63, 3.8) is 0 Å². The first kappa shape index (κ1) is 17.8. The maximum absolute atomic E-state index is 12.1. The maximum atomic E-state index is 12.1. The number of thiophene rings is 1. The second kappa shape index (κ2) is 7.85. The van der Waals surface area contributed by atoms with Gasteiger partial charge in [-0.2, -0.15) is 8.42 Å².